The van der Waals surface area contributed by atoms with E-state index in [0.717, 1.165) is 23.7 Å². The quantitative estimate of drug-likeness (QED) is 0.155. The van der Waals surface area contributed by atoms with Crippen molar-refractivity contribution < 1.29 is 38.9 Å². The third-order valence-electron chi connectivity index (χ3n) is 4.80. The van der Waals surface area contributed by atoms with Crippen LogP contribution in [0, 0.1) is 18.3 Å². The van der Waals surface area contributed by atoms with E-state index < -0.39 is 41.9 Å². The highest BCUT2D eigenvalue weighted by Crippen LogP contribution is 2.37. The Bertz CT molecular complexity index is 1780. The summed E-state index contributed by atoms with van der Waals surface area (Å²) in [5.41, 5.74) is 0.485. The molecule has 0 aliphatic carbocycles. The number of aromatic nitrogens is 2. The molecule has 16 nitrogen and oxygen atoms in total. The van der Waals surface area contributed by atoms with E-state index in [0.29, 0.717) is 5.52 Å². The number of pyridine rings is 1. The Hall–Kier alpha value is -3.32. The first-order chi connectivity index (χ1) is 17.6. The summed E-state index contributed by atoms with van der Waals surface area (Å²) in [5, 5.41) is 23.5. The van der Waals surface area contributed by atoms with E-state index in [2.05, 4.69) is 30.2 Å². The Kier molecular flexibility index (Phi) is 8.62. The second-order valence-corrected chi connectivity index (χ2v) is 12.9. The molecule has 204 valence electrons. The average Bonchev–Trinajstić information content (AvgIpc) is 3.19. The van der Waals surface area contributed by atoms with Crippen LogP contribution in [-0.4, -0.2) is 72.9 Å². The average molecular weight is 606 g/mol. The topological polar surface area (TPSA) is 261 Å². The van der Waals surface area contributed by atoms with E-state index >= 15 is 0 Å². The minimum Gasteiger partial charge on any atom is -0.368 e. The fourth-order valence-corrected chi connectivity index (χ4v) is 4.95. The third kappa shape index (κ3) is 7.60. The monoisotopic (exact) mass is 605 g/mol. The number of fused-ring (bicyclic) bond motifs is 1. The fraction of sp³-hybridized carbons (Fsp3) is 0.278. The molecule has 0 atom stereocenters. The summed E-state index contributed by atoms with van der Waals surface area (Å²) in [5.74, 6) is -1.57. The minimum atomic E-state index is -4.50. The molecule has 0 saturated carbocycles. The number of nitrogens with one attached hydrogen (secondary N) is 2. The molecule has 0 spiro atoms. The van der Waals surface area contributed by atoms with Gasteiger partial charge in [0.15, 0.2) is 10.8 Å². The first-order valence-corrected chi connectivity index (χ1v) is 15.6. The molecule has 5 N–H and O–H groups in total. The van der Waals surface area contributed by atoms with Crippen LogP contribution in [-0.2, 0) is 30.4 Å². The highest BCUT2D eigenvalue weighted by Gasteiger charge is 2.19. The summed E-state index contributed by atoms with van der Waals surface area (Å²) >= 11 is 0.863. The zero-order valence-corrected chi connectivity index (χ0v) is 22.5. The lowest BCUT2D eigenvalue weighted by Gasteiger charge is -2.15. The molecule has 2 aromatic heterocycles. The molecule has 2 heterocycles. The van der Waals surface area contributed by atoms with Crippen LogP contribution in [0.1, 0.15) is 11.1 Å². The molecule has 0 saturated heterocycles. The van der Waals surface area contributed by atoms with Crippen LogP contribution in [0.5, 0.6) is 0 Å². The first kappa shape index (κ1) is 29.2. The van der Waals surface area contributed by atoms with E-state index in [9.17, 15) is 35.1 Å². The summed E-state index contributed by atoms with van der Waals surface area (Å²) in [6, 6.07) is 5.58. The molecule has 0 unspecified atom stereocenters. The summed E-state index contributed by atoms with van der Waals surface area (Å²) in [4.78, 5) is 3.79. The molecule has 3 aromatic rings. The number of benzene rings is 1. The number of anilines is 2. The van der Waals surface area contributed by atoms with Gasteiger partial charge < -0.3 is 10.6 Å². The van der Waals surface area contributed by atoms with Gasteiger partial charge >= 0.3 is 0 Å². The summed E-state index contributed by atoms with van der Waals surface area (Å²) in [6.45, 7) is 0.831. The Morgan fingerprint density at radius 3 is 2.13 bits per heavy atom. The van der Waals surface area contributed by atoms with Crippen LogP contribution in [0.15, 0.2) is 33.3 Å². The molecule has 0 bridgehead atoms. The van der Waals surface area contributed by atoms with Gasteiger partial charge in [0, 0.05) is 24.0 Å². The predicted octanol–water partition coefficient (Wildman–Crippen LogP) is 2.13. The molecule has 0 fully saturated rings. The van der Waals surface area contributed by atoms with Crippen molar-refractivity contribution in [1.82, 2.24) is 9.36 Å². The van der Waals surface area contributed by atoms with Crippen molar-refractivity contribution in [3.05, 3.63) is 29.3 Å². The van der Waals surface area contributed by atoms with Gasteiger partial charge in [-0.25, -0.2) is 4.98 Å². The first-order valence-electron chi connectivity index (χ1n) is 10.2. The Morgan fingerprint density at radius 2 is 1.58 bits per heavy atom. The van der Waals surface area contributed by atoms with Crippen LogP contribution < -0.4 is 10.6 Å². The van der Waals surface area contributed by atoms with Crippen molar-refractivity contribution in [2.24, 2.45) is 10.2 Å². The van der Waals surface area contributed by atoms with Crippen LogP contribution >= 0.6 is 11.5 Å². The molecule has 20 heteroatoms. The molecule has 0 radical (unpaired) electrons. The number of azo groups is 1. The second-order valence-electron chi connectivity index (χ2n) is 7.54. The number of nitrogens with zero attached hydrogens (tertiary/aromatic N) is 5. The highest BCUT2D eigenvalue weighted by molar-refractivity contribution is 7.86. The van der Waals surface area contributed by atoms with E-state index in [-0.39, 0.29) is 56.8 Å². The zero-order chi connectivity index (χ0) is 28.3. The van der Waals surface area contributed by atoms with Gasteiger partial charge in [0.1, 0.15) is 17.6 Å². The maximum Gasteiger partial charge on any atom is 0.294 e. The lowest BCUT2D eigenvalue weighted by Crippen LogP contribution is -2.18. The summed E-state index contributed by atoms with van der Waals surface area (Å²) in [7, 11) is -13.2. The molecular formula is C18H19N7O9S4. The lowest BCUT2D eigenvalue weighted by atomic mass is 10.1. The van der Waals surface area contributed by atoms with Crippen molar-refractivity contribution >= 4 is 75.1 Å². The Morgan fingerprint density at radius 1 is 0.974 bits per heavy atom. The van der Waals surface area contributed by atoms with Crippen LogP contribution in [0.4, 0.5) is 22.3 Å². The van der Waals surface area contributed by atoms with Gasteiger partial charge in [0.05, 0.1) is 27.5 Å². The van der Waals surface area contributed by atoms with Gasteiger partial charge in [-0.3, -0.25) is 13.7 Å². The van der Waals surface area contributed by atoms with E-state index in [4.69, 9.17) is 9.11 Å². The van der Waals surface area contributed by atoms with E-state index in [1.54, 1.807) is 0 Å². The van der Waals surface area contributed by atoms with Crippen molar-refractivity contribution in [2.45, 2.75) is 11.8 Å². The second kappa shape index (κ2) is 11.2. The van der Waals surface area contributed by atoms with E-state index in [1.807, 2.05) is 6.07 Å². The maximum atomic E-state index is 11.5. The normalized spacial score (nSPS) is 12.6. The standard InChI is InChI=1S/C18H19N7O9S4/c1-10-13(9-19)16(20-4-6-36(26,27)28)22-17(21-5-7-37(29,30)31)15(10)23-24-18-12-8-11(38(32,33)34)2-3-14(12)25-35-18/h2-3,8H,4-7H2,1H3,(H2,20,21,22)(H,26,27,28)(H,29,30,31)(H,32,33,34)/b24-23+. The Labute approximate surface area is 220 Å². The molecule has 0 aliphatic heterocycles. The van der Waals surface area contributed by atoms with E-state index in [1.165, 1.54) is 13.0 Å². The van der Waals surface area contributed by atoms with Gasteiger partial charge in [0.2, 0.25) is 0 Å². The minimum absolute atomic E-state index is 0.0234. The SMILES string of the molecule is Cc1c(C#N)c(NCCS(=O)(=O)O)nc(NCCS(=O)(=O)O)c1/N=N/c1snc2ccc(S(=O)(=O)O)cc12. The van der Waals surface area contributed by atoms with Crippen LogP contribution in [0.3, 0.4) is 0 Å². The highest BCUT2D eigenvalue weighted by atomic mass is 32.2. The van der Waals surface area contributed by atoms with Crippen molar-refractivity contribution in [3.63, 3.8) is 0 Å². The van der Waals surface area contributed by atoms with Crippen LogP contribution in [0.25, 0.3) is 10.9 Å². The zero-order valence-electron chi connectivity index (χ0n) is 19.2. The molecule has 0 aliphatic rings. The molecular weight excluding hydrogens is 587 g/mol. The Balaban J connectivity index is 2.07. The van der Waals surface area contributed by atoms with Crippen molar-refractivity contribution in [1.29, 1.82) is 5.26 Å². The maximum absolute atomic E-state index is 11.5. The third-order valence-corrected chi connectivity index (χ3v) is 7.85. The summed E-state index contributed by atoms with van der Waals surface area (Å²) < 4.78 is 98.7. The lowest BCUT2D eigenvalue weighted by molar-refractivity contribution is 0.481. The molecule has 38 heavy (non-hydrogen) atoms. The van der Waals surface area contributed by atoms with Gasteiger partial charge in [-0.1, -0.05) is 0 Å². The number of rotatable bonds is 11. The van der Waals surface area contributed by atoms with Gasteiger partial charge in [0.25, 0.3) is 30.4 Å². The number of nitriles is 1. The van der Waals surface area contributed by atoms with Gasteiger partial charge in [-0.15, -0.1) is 10.2 Å². The molecule has 0 amide bonds. The molecule has 3 rings (SSSR count). The van der Waals surface area contributed by atoms with Gasteiger partial charge in [-0.05, 0) is 36.7 Å². The predicted molar refractivity (Wildman–Crippen MR) is 137 cm³/mol. The van der Waals surface area contributed by atoms with Crippen molar-refractivity contribution in [3.8, 4) is 6.07 Å². The number of hydrogen-bond acceptors (Lipinski definition) is 14. The van der Waals surface area contributed by atoms with Gasteiger partial charge in [-0.2, -0.15) is 34.9 Å². The molecule has 1 aromatic carbocycles. The van der Waals surface area contributed by atoms with Crippen molar-refractivity contribution in [2.75, 3.05) is 35.2 Å². The summed E-state index contributed by atoms with van der Waals surface area (Å²) in [6.07, 6.45) is 0. The van der Waals surface area contributed by atoms with Crippen LogP contribution in [0.2, 0.25) is 0 Å². The number of hydrogen-bond donors (Lipinski definition) is 5. The largest absolute Gasteiger partial charge is 0.368 e. The smallest absolute Gasteiger partial charge is 0.294 e. The fourth-order valence-electron chi connectivity index (χ4n) is 3.04.